The normalized spacial score (nSPS) is 18.7. The van der Waals surface area contributed by atoms with E-state index in [2.05, 4.69) is 29.4 Å². The summed E-state index contributed by atoms with van der Waals surface area (Å²) in [5.41, 5.74) is 0.177. The highest BCUT2D eigenvalue weighted by Gasteiger charge is 2.38. The summed E-state index contributed by atoms with van der Waals surface area (Å²) in [5.74, 6) is 1.60. The van der Waals surface area contributed by atoms with Crippen LogP contribution in [0.1, 0.15) is 64.2 Å². The van der Waals surface area contributed by atoms with Gasteiger partial charge in [0.25, 0.3) is 0 Å². The highest BCUT2D eigenvalue weighted by molar-refractivity contribution is 5.06. The summed E-state index contributed by atoms with van der Waals surface area (Å²) in [6, 6.07) is 0. The van der Waals surface area contributed by atoms with Gasteiger partial charge in [0.2, 0.25) is 11.8 Å². The van der Waals surface area contributed by atoms with E-state index < -0.39 is 0 Å². The van der Waals surface area contributed by atoms with E-state index in [0.717, 1.165) is 31.2 Å². The molecule has 1 aromatic heterocycles. The standard InChI is InChI=1S/C13H23N3O/c1-3-9-14-10-11-15-16-12(17-11)13(4-2)7-5-6-8-13/h14H,3-10H2,1-2H3. The molecule has 0 aliphatic heterocycles. The maximum atomic E-state index is 5.82. The molecular weight excluding hydrogens is 214 g/mol. The zero-order valence-electron chi connectivity index (χ0n) is 11.0. The Balaban J connectivity index is 2.01. The Labute approximate surface area is 103 Å². The van der Waals surface area contributed by atoms with Crippen molar-refractivity contribution in [1.29, 1.82) is 0 Å². The number of hydrogen-bond acceptors (Lipinski definition) is 4. The number of nitrogens with zero attached hydrogens (tertiary/aromatic N) is 2. The molecule has 1 heterocycles. The Bertz CT molecular complexity index is 342. The minimum Gasteiger partial charge on any atom is -0.423 e. The van der Waals surface area contributed by atoms with Gasteiger partial charge in [-0.15, -0.1) is 10.2 Å². The summed E-state index contributed by atoms with van der Waals surface area (Å²) in [6.07, 6.45) is 7.22. The first-order chi connectivity index (χ1) is 8.30. The second-order valence-electron chi connectivity index (χ2n) is 5.02. The largest absolute Gasteiger partial charge is 0.423 e. The molecule has 0 atom stereocenters. The second-order valence-corrected chi connectivity index (χ2v) is 5.02. The van der Waals surface area contributed by atoms with E-state index in [1.807, 2.05) is 0 Å². The molecule has 1 aromatic rings. The van der Waals surface area contributed by atoms with Crippen LogP contribution in [0, 0.1) is 0 Å². The lowest BCUT2D eigenvalue weighted by atomic mass is 9.83. The van der Waals surface area contributed by atoms with Crippen LogP contribution >= 0.6 is 0 Å². The fraction of sp³-hybridized carbons (Fsp3) is 0.846. The van der Waals surface area contributed by atoms with E-state index in [9.17, 15) is 0 Å². The van der Waals surface area contributed by atoms with Gasteiger partial charge >= 0.3 is 0 Å². The van der Waals surface area contributed by atoms with E-state index in [4.69, 9.17) is 4.42 Å². The molecule has 0 radical (unpaired) electrons. The van der Waals surface area contributed by atoms with Crippen LogP contribution in [0.15, 0.2) is 4.42 Å². The fourth-order valence-electron chi connectivity index (χ4n) is 2.68. The molecule has 0 spiro atoms. The van der Waals surface area contributed by atoms with E-state index in [-0.39, 0.29) is 5.41 Å². The van der Waals surface area contributed by atoms with Crippen LogP contribution in [-0.4, -0.2) is 16.7 Å². The van der Waals surface area contributed by atoms with Gasteiger partial charge in [-0.25, -0.2) is 0 Å². The van der Waals surface area contributed by atoms with Gasteiger partial charge in [-0.2, -0.15) is 0 Å². The van der Waals surface area contributed by atoms with Crippen LogP contribution in [0.3, 0.4) is 0 Å². The lowest BCUT2D eigenvalue weighted by molar-refractivity contribution is 0.303. The van der Waals surface area contributed by atoms with Gasteiger partial charge in [0, 0.05) is 5.41 Å². The molecule has 0 saturated heterocycles. The Kier molecular flexibility index (Phi) is 4.15. The average molecular weight is 237 g/mol. The van der Waals surface area contributed by atoms with Gasteiger partial charge in [0.05, 0.1) is 6.54 Å². The van der Waals surface area contributed by atoms with Gasteiger partial charge in [0.1, 0.15) is 0 Å². The van der Waals surface area contributed by atoms with Gasteiger partial charge in [-0.1, -0.05) is 26.7 Å². The molecule has 96 valence electrons. The van der Waals surface area contributed by atoms with Crippen molar-refractivity contribution in [2.45, 2.75) is 64.3 Å². The third-order valence-electron chi connectivity index (χ3n) is 3.86. The van der Waals surface area contributed by atoms with Crippen molar-refractivity contribution < 1.29 is 4.42 Å². The second kappa shape index (κ2) is 5.63. The van der Waals surface area contributed by atoms with Crippen molar-refractivity contribution in [3.05, 3.63) is 11.8 Å². The molecule has 0 aromatic carbocycles. The van der Waals surface area contributed by atoms with Crippen LogP contribution in [0.25, 0.3) is 0 Å². The minimum absolute atomic E-state index is 0.177. The van der Waals surface area contributed by atoms with Gasteiger partial charge in [0.15, 0.2) is 0 Å². The van der Waals surface area contributed by atoms with Gasteiger partial charge < -0.3 is 9.73 Å². The highest BCUT2D eigenvalue weighted by Crippen LogP contribution is 2.42. The van der Waals surface area contributed by atoms with Crippen molar-refractivity contribution in [2.75, 3.05) is 6.54 Å². The predicted octanol–water partition coefficient (Wildman–Crippen LogP) is 2.79. The molecule has 2 rings (SSSR count). The molecule has 1 saturated carbocycles. The van der Waals surface area contributed by atoms with E-state index in [0.29, 0.717) is 6.54 Å². The zero-order valence-corrected chi connectivity index (χ0v) is 11.0. The Morgan fingerprint density at radius 3 is 2.65 bits per heavy atom. The van der Waals surface area contributed by atoms with Crippen molar-refractivity contribution in [3.63, 3.8) is 0 Å². The van der Waals surface area contributed by atoms with Crippen molar-refractivity contribution >= 4 is 0 Å². The zero-order chi connectivity index (χ0) is 12.1. The van der Waals surface area contributed by atoms with Crippen molar-refractivity contribution in [2.24, 2.45) is 0 Å². The van der Waals surface area contributed by atoms with Crippen molar-refractivity contribution in [1.82, 2.24) is 15.5 Å². The quantitative estimate of drug-likeness (QED) is 0.773. The summed E-state index contributed by atoms with van der Waals surface area (Å²) in [4.78, 5) is 0. The Morgan fingerprint density at radius 1 is 1.24 bits per heavy atom. The first-order valence-corrected chi connectivity index (χ1v) is 6.84. The monoisotopic (exact) mass is 237 g/mol. The smallest absolute Gasteiger partial charge is 0.230 e. The van der Waals surface area contributed by atoms with Crippen LogP contribution in [-0.2, 0) is 12.0 Å². The maximum Gasteiger partial charge on any atom is 0.230 e. The van der Waals surface area contributed by atoms with E-state index in [1.54, 1.807) is 0 Å². The molecule has 1 N–H and O–H groups in total. The molecule has 1 aliphatic carbocycles. The van der Waals surface area contributed by atoms with E-state index >= 15 is 0 Å². The fourth-order valence-corrected chi connectivity index (χ4v) is 2.68. The molecule has 0 unspecified atom stereocenters. The number of nitrogens with one attached hydrogen (secondary N) is 1. The third kappa shape index (κ3) is 2.68. The molecular formula is C13H23N3O. The molecule has 1 fully saturated rings. The summed E-state index contributed by atoms with van der Waals surface area (Å²) < 4.78 is 5.82. The first-order valence-electron chi connectivity index (χ1n) is 6.84. The van der Waals surface area contributed by atoms with Crippen LogP contribution in [0.2, 0.25) is 0 Å². The molecule has 1 aliphatic rings. The van der Waals surface area contributed by atoms with Crippen LogP contribution < -0.4 is 5.32 Å². The van der Waals surface area contributed by atoms with Gasteiger partial charge in [-0.05, 0) is 32.2 Å². The van der Waals surface area contributed by atoms with E-state index in [1.165, 1.54) is 25.7 Å². The predicted molar refractivity (Wildman–Crippen MR) is 66.7 cm³/mol. The van der Waals surface area contributed by atoms with Crippen LogP contribution in [0.4, 0.5) is 0 Å². The molecule has 4 heteroatoms. The average Bonchev–Trinajstić information content (AvgIpc) is 2.98. The summed E-state index contributed by atoms with van der Waals surface area (Å²) >= 11 is 0. The number of aromatic nitrogens is 2. The summed E-state index contributed by atoms with van der Waals surface area (Å²) in [6.45, 7) is 6.07. The maximum absolute atomic E-state index is 5.82. The third-order valence-corrected chi connectivity index (χ3v) is 3.86. The minimum atomic E-state index is 0.177. The summed E-state index contributed by atoms with van der Waals surface area (Å²) in [5, 5.41) is 11.7. The number of hydrogen-bond donors (Lipinski definition) is 1. The SMILES string of the molecule is CCCNCc1nnc(C2(CC)CCCC2)o1. The first kappa shape index (κ1) is 12.6. The van der Waals surface area contributed by atoms with Gasteiger partial charge in [-0.3, -0.25) is 0 Å². The number of rotatable bonds is 6. The molecule has 17 heavy (non-hydrogen) atoms. The Morgan fingerprint density at radius 2 is 2.00 bits per heavy atom. The van der Waals surface area contributed by atoms with Crippen molar-refractivity contribution in [3.8, 4) is 0 Å². The van der Waals surface area contributed by atoms with Crippen LogP contribution in [0.5, 0.6) is 0 Å². The lowest BCUT2D eigenvalue weighted by Crippen LogP contribution is -2.21. The topological polar surface area (TPSA) is 51.0 Å². The lowest BCUT2D eigenvalue weighted by Gasteiger charge is -2.22. The molecule has 0 bridgehead atoms. The summed E-state index contributed by atoms with van der Waals surface area (Å²) in [7, 11) is 0. The highest BCUT2D eigenvalue weighted by atomic mass is 16.4. The Hall–Kier alpha value is -0.900. The molecule has 4 nitrogen and oxygen atoms in total. The molecule has 0 amide bonds.